The molecule has 1 aliphatic rings. The Bertz CT molecular complexity index is 107. The fourth-order valence-corrected chi connectivity index (χ4v) is 2.48. The summed E-state index contributed by atoms with van der Waals surface area (Å²) in [6.07, 6.45) is 11.8. The SMILES string of the molecule is CC.CCCCCCC1CCCC1C. The molecule has 0 heterocycles. The average molecular weight is 198 g/mol. The zero-order chi connectivity index (χ0) is 10.8. The third-order valence-electron chi connectivity index (χ3n) is 3.47. The van der Waals surface area contributed by atoms with E-state index in [0.29, 0.717) is 0 Å². The molecule has 0 aromatic heterocycles. The van der Waals surface area contributed by atoms with Gasteiger partial charge in [-0.3, -0.25) is 0 Å². The third kappa shape index (κ3) is 5.67. The average Bonchev–Trinajstić information content (AvgIpc) is 2.62. The van der Waals surface area contributed by atoms with Gasteiger partial charge in [-0.05, 0) is 11.8 Å². The first-order valence-electron chi connectivity index (χ1n) is 6.84. The maximum Gasteiger partial charge on any atom is -0.0388 e. The molecule has 14 heavy (non-hydrogen) atoms. The van der Waals surface area contributed by atoms with Crippen molar-refractivity contribution < 1.29 is 0 Å². The van der Waals surface area contributed by atoms with Crippen molar-refractivity contribution in [3.63, 3.8) is 0 Å². The number of unbranched alkanes of at least 4 members (excludes halogenated alkanes) is 3. The summed E-state index contributed by atoms with van der Waals surface area (Å²) in [7, 11) is 0. The van der Waals surface area contributed by atoms with E-state index in [9.17, 15) is 0 Å². The van der Waals surface area contributed by atoms with Gasteiger partial charge in [-0.25, -0.2) is 0 Å². The molecular weight excluding hydrogens is 168 g/mol. The molecule has 0 heteroatoms. The molecule has 0 aliphatic heterocycles. The second-order valence-electron chi connectivity index (χ2n) is 4.52. The molecule has 86 valence electrons. The predicted molar refractivity (Wildman–Crippen MR) is 66.6 cm³/mol. The smallest absolute Gasteiger partial charge is 0.0388 e. The molecule has 1 fully saturated rings. The summed E-state index contributed by atoms with van der Waals surface area (Å²) >= 11 is 0. The molecule has 2 atom stereocenters. The van der Waals surface area contributed by atoms with Gasteiger partial charge < -0.3 is 0 Å². The van der Waals surface area contributed by atoms with Crippen LogP contribution in [-0.2, 0) is 0 Å². The second-order valence-corrected chi connectivity index (χ2v) is 4.52. The van der Waals surface area contributed by atoms with Gasteiger partial charge in [0, 0.05) is 0 Å². The van der Waals surface area contributed by atoms with Crippen LogP contribution in [0, 0.1) is 11.8 Å². The van der Waals surface area contributed by atoms with Gasteiger partial charge in [0.2, 0.25) is 0 Å². The fraction of sp³-hybridized carbons (Fsp3) is 1.00. The van der Waals surface area contributed by atoms with Gasteiger partial charge >= 0.3 is 0 Å². The Labute approximate surface area is 91.5 Å². The van der Waals surface area contributed by atoms with E-state index in [0.717, 1.165) is 11.8 Å². The van der Waals surface area contributed by atoms with E-state index in [1.807, 2.05) is 13.8 Å². The van der Waals surface area contributed by atoms with Crippen LogP contribution in [0.4, 0.5) is 0 Å². The Hall–Kier alpha value is 0. The summed E-state index contributed by atoms with van der Waals surface area (Å²) in [5.41, 5.74) is 0. The van der Waals surface area contributed by atoms with Crippen LogP contribution in [0.3, 0.4) is 0 Å². The number of hydrogen-bond donors (Lipinski definition) is 0. The topological polar surface area (TPSA) is 0 Å². The normalized spacial score (nSPS) is 25.7. The molecule has 1 rings (SSSR count). The van der Waals surface area contributed by atoms with E-state index in [-0.39, 0.29) is 0 Å². The van der Waals surface area contributed by atoms with Crippen molar-refractivity contribution >= 4 is 0 Å². The minimum Gasteiger partial charge on any atom is -0.0683 e. The molecule has 1 saturated carbocycles. The maximum absolute atomic E-state index is 2.44. The lowest BCUT2D eigenvalue weighted by molar-refractivity contribution is 0.375. The molecule has 0 amide bonds. The van der Waals surface area contributed by atoms with E-state index in [1.54, 1.807) is 0 Å². The molecular formula is C14H30. The summed E-state index contributed by atoms with van der Waals surface area (Å²) in [5.74, 6) is 2.12. The Balaban J connectivity index is 0.000000791. The van der Waals surface area contributed by atoms with Crippen molar-refractivity contribution in [2.45, 2.75) is 79.1 Å². The highest BCUT2D eigenvalue weighted by Crippen LogP contribution is 2.34. The van der Waals surface area contributed by atoms with Crippen molar-refractivity contribution in [1.29, 1.82) is 0 Å². The van der Waals surface area contributed by atoms with Crippen molar-refractivity contribution in [3.05, 3.63) is 0 Å². The van der Waals surface area contributed by atoms with Crippen molar-refractivity contribution in [2.75, 3.05) is 0 Å². The highest BCUT2D eigenvalue weighted by atomic mass is 14.3. The quantitative estimate of drug-likeness (QED) is 0.517. The van der Waals surface area contributed by atoms with E-state index in [1.165, 1.54) is 51.4 Å². The zero-order valence-corrected chi connectivity index (χ0v) is 10.8. The van der Waals surface area contributed by atoms with Gasteiger partial charge in [0.25, 0.3) is 0 Å². The van der Waals surface area contributed by atoms with Crippen LogP contribution in [0.5, 0.6) is 0 Å². The molecule has 0 spiro atoms. The lowest BCUT2D eigenvalue weighted by Crippen LogP contribution is -2.03. The summed E-state index contributed by atoms with van der Waals surface area (Å²) in [6, 6.07) is 0. The van der Waals surface area contributed by atoms with Crippen LogP contribution >= 0.6 is 0 Å². The first-order valence-corrected chi connectivity index (χ1v) is 6.84. The molecule has 0 saturated heterocycles. The lowest BCUT2D eigenvalue weighted by Gasteiger charge is -2.14. The van der Waals surface area contributed by atoms with Gasteiger partial charge in [0.1, 0.15) is 0 Å². The van der Waals surface area contributed by atoms with E-state index < -0.39 is 0 Å². The van der Waals surface area contributed by atoms with E-state index >= 15 is 0 Å². The monoisotopic (exact) mass is 198 g/mol. The Morgan fingerprint density at radius 3 is 2.21 bits per heavy atom. The van der Waals surface area contributed by atoms with Crippen LogP contribution < -0.4 is 0 Å². The summed E-state index contributed by atoms with van der Waals surface area (Å²) in [6.45, 7) is 8.73. The maximum atomic E-state index is 2.44. The van der Waals surface area contributed by atoms with Crippen LogP contribution in [0.25, 0.3) is 0 Å². The van der Waals surface area contributed by atoms with Gasteiger partial charge in [-0.15, -0.1) is 0 Å². The molecule has 0 radical (unpaired) electrons. The van der Waals surface area contributed by atoms with Crippen LogP contribution in [0.2, 0.25) is 0 Å². The largest absolute Gasteiger partial charge is 0.0683 e. The second kappa shape index (κ2) is 9.55. The first kappa shape index (κ1) is 14.0. The first-order chi connectivity index (χ1) is 6.84. The molecule has 2 unspecified atom stereocenters. The van der Waals surface area contributed by atoms with Gasteiger partial charge in [-0.2, -0.15) is 0 Å². The molecule has 0 aromatic carbocycles. The highest BCUT2D eigenvalue weighted by Gasteiger charge is 2.22. The molecule has 0 bridgehead atoms. The van der Waals surface area contributed by atoms with E-state index in [4.69, 9.17) is 0 Å². The standard InChI is InChI=1S/C12H24.C2H6/c1-3-4-5-6-9-12-10-7-8-11(12)2;1-2/h11-12H,3-10H2,1-2H3;1-2H3. The van der Waals surface area contributed by atoms with Gasteiger partial charge in [0.15, 0.2) is 0 Å². The van der Waals surface area contributed by atoms with Gasteiger partial charge in [0.05, 0.1) is 0 Å². The Morgan fingerprint density at radius 1 is 1.00 bits per heavy atom. The highest BCUT2D eigenvalue weighted by molar-refractivity contribution is 4.73. The number of hydrogen-bond acceptors (Lipinski definition) is 0. The third-order valence-corrected chi connectivity index (χ3v) is 3.47. The lowest BCUT2D eigenvalue weighted by atomic mass is 9.92. The molecule has 1 aliphatic carbocycles. The van der Waals surface area contributed by atoms with Gasteiger partial charge in [-0.1, -0.05) is 79.1 Å². The summed E-state index contributed by atoms with van der Waals surface area (Å²) < 4.78 is 0. The van der Waals surface area contributed by atoms with Crippen LogP contribution in [0.15, 0.2) is 0 Å². The minimum atomic E-state index is 1.03. The van der Waals surface area contributed by atoms with Crippen molar-refractivity contribution in [3.8, 4) is 0 Å². The van der Waals surface area contributed by atoms with Crippen molar-refractivity contribution in [1.82, 2.24) is 0 Å². The zero-order valence-electron chi connectivity index (χ0n) is 10.8. The summed E-state index contributed by atoms with van der Waals surface area (Å²) in [5, 5.41) is 0. The minimum absolute atomic E-state index is 1.03. The summed E-state index contributed by atoms with van der Waals surface area (Å²) in [4.78, 5) is 0. The fourth-order valence-electron chi connectivity index (χ4n) is 2.48. The Kier molecular flexibility index (Phi) is 9.55. The van der Waals surface area contributed by atoms with Crippen LogP contribution in [0.1, 0.15) is 79.1 Å². The number of rotatable bonds is 5. The van der Waals surface area contributed by atoms with E-state index in [2.05, 4.69) is 13.8 Å². The molecule has 0 N–H and O–H groups in total. The van der Waals surface area contributed by atoms with Crippen LogP contribution in [-0.4, -0.2) is 0 Å². The predicted octanol–water partition coefficient (Wildman–Crippen LogP) is 5.42. The van der Waals surface area contributed by atoms with Crippen molar-refractivity contribution in [2.24, 2.45) is 11.8 Å². The Morgan fingerprint density at radius 2 is 1.71 bits per heavy atom. The molecule has 0 aromatic rings. The molecule has 0 nitrogen and oxygen atoms in total.